The number of rotatable bonds is 7. The Morgan fingerprint density at radius 2 is 1.97 bits per heavy atom. The number of aryl methyl sites for hydroxylation is 1. The van der Waals surface area contributed by atoms with Gasteiger partial charge < -0.3 is 10.2 Å². The number of amides is 2. The fourth-order valence-corrected chi connectivity index (χ4v) is 4.88. The van der Waals surface area contributed by atoms with E-state index >= 15 is 0 Å². The zero-order valence-electron chi connectivity index (χ0n) is 16.5. The van der Waals surface area contributed by atoms with E-state index in [1.807, 2.05) is 18.2 Å². The largest absolute Gasteiger partial charge is 0.356 e. The van der Waals surface area contributed by atoms with Crippen molar-refractivity contribution in [3.05, 3.63) is 35.9 Å². The molecule has 3 heterocycles. The van der Waals surface area contributed by atoms with Gasteiger partial charge in [0.2, 0.25) is 22.1 Å². The monoisotopic (exact) mass is 413 g/mol. The van der Waals surface area contributed by atoms with Crippen LogP contribution in [-0.2, 0) is 16.0 Å². The van der Waals surface area contributed by atoms with E-state index in [9.17, 15) is 9.59 Å². The Hall–Kier alpha value is -2.48. The van der Waals surface area contributed by atoms with Crippen LogP contribution < -0.4 is 15.1 Å². The van der Waals surface area contributed by atoms with Crippen LogP contribution in [0, 0.1) is 5.92 Å². The van der Waals surface area contributed by atoms with Crippen molar-refractivity contribution in [1.29, 1.82) is 0 Å². The molecule has 1 atom stereocenters. The molecule has 2 amide bonds. The van der Waals surface area contributed by atoms with Gasteiger partial charge in [0.25, 0.3) is 0 Å². The number of hydrogen-bond acceptors (Lipinski definition) is 6. The second-order valence-corrected chi connectivity index (χ2v) is 8.62. The summed E-state index contributed by atoms with van der Waals surface area (Å²) in [6, 6.07) is 10.3. The van der Waals surface area contributed by atoms with Gasteiger partial charge >= 0.3 is 0 Å². The minimum absolute atomic E-state index is 0.0266. The molecule has 2 aliphatic rings. The number of piperidine rings is 1. The molecule has 8 heteroatoms. The molecule has 2 aliphatic heterocycles. The van der Waals surface area contributed by atoms with E-state index in [0.29, 0.717) is 24.6 Å². The molecule has 154 valence electrons. The van der Waals surface area contributed by atoms with Crippen molar-refractivity contribution >= 4 is 33.4 Å². The minimum atomic E-state index is -0.0266. The van der Waals surface area contributed by atoms with Crippen molar-refractivity contribution in [2.75, 3.05) is 36.0 Å². The first kappa shape index (κ1) is 19.8. The van der Waals surface area contributed by atoms with Crippen LogP contribution in [0.3, 0.4) is 0 Å². The van der Waals surface area contributed by atoms with Gasteiger partial charge in [0, 0.05) is 32.6 Å². The molecule has 2 saturated heterocycles. The maximum absolute atomic E-state index is 12.6. The van der Waals surface area contributed by atoms with Gasteiger partial charge in [0.1, 0.15) is 0 Å². The molecule has 0 aliphatic carbocycles. The van der Waals surface area contributed by atoms with E-state index in [1.54, 1.807) is 4.90 Å². The number of carbonyl (C=O) groups excluding carboxylic acids is 2. The number of nitrogens with one attached hydrogen (secondary N) is 1. The summed E-state index contributed by atoms with van der Waals surface area (Å²) in [5.41, 5.74) is 1.30. The molecule has 4 rings (SSSR count). The Morgan fingerprint density at radius 1 is 1.14 bits per heavy atom. The lowest BCUT2D eigenvalue weighted by molar-refractivity contribution is -0.125. The first-order chi connectivity index (χ1) is 14.2. The zero-order chi connectivity index (χ0) is 20.1. The Balaban J connectivity index is 1.26. The van der Waals surface area contributed by atoms with Crippen molar-refractivity contribution < 1.29 is 9.59 Å². The van der Waals surface area contributed by atoms with Gasteiger partial charge in [-0.1, -0.05) is 41.7 Å². The summed E-state index contributed by atoms with van der Waals surface area (Å²) in [7, 11) is 0. The normalized spacial score (nSPS) is 19.6. The molecule has 0 radical (unpaired) electrons. The number of carbonyl (C=O) groups is 2. The topological polar surface area (TPSA) is 78.4 Å². The third-order valence-corrected chi connectivity index (χ3v) is 6.56. The van der Waals surface area contributed by atoms with Crippen molar-refractivity contribution in [2.24, 2.45) is 5.92 Å². The lowest BCUT2D eigenvalue weighted by Gasteiger charge is -2.31. The van der Waals surface area contributed by atoms with Crippen LogP contribution in [-0.4, -0.2) is 48.2 Å². The van der Waals surface area contributed by atoms with Gasteiger partial charge in [0.15, 0.2) is 0 Å². The van der Waals surface area contributed by atoms with E-state index in [2.05, 4.69) is 32.5 Å². The fraction of sp³-hybridized carbons (Fsp3) is 0.524. The molecule has 29 heavy (non-hydrogen) atoms. The predicted octanol–water partition coefficient (Wildman–Crippen LogP) is 2.63. The molecule has 0 saturated carbocycles. The molecular weight excluding hydrogens is 386 g/mol. The van der Waals surface area contributed by atoms with Crippen LogP contribution in [0.1, 0.15) is 37.7 Å². The smallest absolute Gasteiger partial charge is 0.228 e. The summed E-state index contributed by atoms with van der Waals surface area (Å²) < 4.78 is 0. The molecule has 1 N–H and O–H groups in total. The number of hydrogen-bond donors (Lipinski definition) is 1. The first-order valence-corrected chi connectivity index (χ1v) is 11.2. The van der Waals surface area contributed by atoms with Crippen molar-refractivity contribution in [2.45, 2.75) is 38.5 Å². The van der Waals surface area contributed by atoms with Gasteiger partial charge in [-0.2, -0.15) is 0 Å². The quantitative estimate of drug-likeness (QED) is 0.706. The maximum atomic E-state index is 12.6. The van der Waals surface area contributed by atoms with Crippen molar-refractivity contribution in [3.63, 3.8) is 0 Å². The van der Waals surface area contributed by atoms with E-state index in [0.717, 1.165) is 50.3 Å². The molecule has 1 aromatic carbocycles. The SMILES string of the molecule is O=C(NCCCc1ccccc1)C1CCCN(c2nnc(N3CCCC3=O)s2)C1. The molecule has 0 spiro atoms. The molecule has 2 aromatic rings. The van der Waals surface area contributed by atoms with Crippen LogP contribution in [0.5, 0.6) is 0 Å². The highest BCUT2D eigenvalue weighted by Crippen LogP contribution is 2.32. The fourth-order valence-electron chi connectivity index (χ4n) is 3.95. The lowest BCUT2D eigenvalue weighted by Crippen LogP contribution is -2.43. The number of aromatic nitrogens is 2. The van der Waals surface area contributed by atoms with Gasteiger partial charge in [-0.25, -0.2) is 0 Å². The summed E-state index contributed by atoms with van der Waals surface area (Å²) in [6.45, 7) is 2.96. The molecular formula is C21H27N5O2S. The standard InChI is InChI=1S/C21H27N5O2S/c27-18-11-6-14-26(18)21-24-23-20(29-21)25-13-5-10-17(15-25)19(28)22-12-4-9-16-7-2-1-3-8-16/h1-3,7-8,17H,4-6,9-15H2,(H,22,28). The second kappa shape index (κ2) is 9.35. The van der Waals surface area contributed by atoms with Crippen LogP contribution in [0.25, 0.3) is 0 Å². The number of benzene rings is 1. The maximum Gasteiger partial charge on any atom is 0.228 e. The highest BCUT2D eigenvalue weighted by Gasteiger charge is 2.29. The van der Waals surface area contributed by atoms with Crippen LogP contribution in [0.4, 0.5) is 10.3 Å². The summed E-state index contributed by atoms with van der Waals surface area (Å²) >= 11 is 1.45. The minimum Gasteiger partial charge on any atom is -0.356 e. The Morgan fingerprint density at radius 3 is 2.76 bits per heavy atom. The van der Waals surface area contributed by atoms with E-state index in [1.165, 1.54) is 16.9 Å². The first-order valence-electron chi connectivity index (χ1n) is 10.4. The molecule has 0 bridgehead atoms. The van der Waals surface area contributed by atoms with Crippen LogP contribution in [0.2, 0.25) is 0 Å². The van der Waals surface area contributed by atoms with Gasteiger partial charge in [-0.05, 0) is 37.7 Å². The third-order valence-electron chi connectivity index (χ3n) is 5.55. The molecule has 1 aromatic heterocycles. The average Bonchev–Trinajstić information content (AvgIpc) is 3.41. The number of anilines is 2. The average molecular weight is 414 g/mol. The second-order valence-electron chi connectivity index (χ2n) is 7.68. The van der Waals surface area contributed by atoms with Crippen LogP contribution in [0.15, 0.2) is 30.3 Å². The predicted molar refractivity (Wildman–Crippen MR) is 114 cm³/mol. The summed E-state index contributed by atoms with van der Waals surface area (Å²) in [6.07, 6.45) is 5.24. The van der Waals surface area contributed by atoms with Crippen LogP contribution >= 0.6 is 11.3 Å². The highest BCUT2D eigenvalue weighted by molar-refractivity contribution is 7.19. The van der Waals surface area contributed by atoms with Crippen molar-refractivity contribution in [3.8, 4) is 0 Å². The van der Waals surface area contributed by atoms with Gasteiger partial charge in [0.05, 0.1) is 5.92 Å². The van der Waals surface area contributed by atoms with Crippen molar-refractivity contribution in [1.82, 2.24) is 15.5 Å². The van der Waals surface area contributed by atoms with E-state index in [-0.39, 0.29) is 17.7 Å². The van der Waals surface area contributed by atoms with Gasteiger partial charge in [-0.3, -0.25) is 14.5 Å². The summed E-state index contributed by atoms with van der Waals surface area (Å²) in [5.74, 6) is 0.225. The summed E-state index contributed by atoms with van der Waals surface area (Å²) in [4.78, 5) is 28.4. The molecule has 7 nitrogen and oxygen atoms in total. The van der Waals surface area contributed by atoms with E-state index in [4.69, 9.17) is 0 Å². The lowest BCUT2D eigenvalue weighted by atomic mass is 9.97. The Bertz CT molecular complexity index is 841. The highest BCUT2D eigenvalue weighted by atomic mass is 32.1. The summed E-state index contributed by atoms with van der Waals surface area (Å²) in [5, 5.41) is 13.1. The Labute approximate surface area is 175 Å². The molecule has 2 fully saturated rings. The Kier molecular flexibility index (Phi) is 6.39. The molecule has 1 unspecified atom stereocenters. The third kappa shape index (κ3) is 4.93. The van der Waals surface area contributed by atoms with E-state index < -0.39 is 0 Å². The number of nitrogens with zero attached hydrogens (tertiary/aromatic N) is 4. The van der Waals surface area contributed by atoms with Gasteiger partial charge in [-0.15, -0.1) is 10.2 Å². The zero-order valence-corrected chi connectivity index (χ0v) is 17.4.